The minimum Gasteiger partial charge on any atom is -0.328 e. The Hall–Kier alpha value is -3.76. The topological polar surface area (TPSA) is 56.7 Å². The van der Waals surface area contributed by atoms with E-state index in [0.29, 0.717) is 0 Å². The molecule has 1 fully saturated rings. The van der Waals surface area contributed by atoms with Gasteiger partial charge in [0.05, 0.1) is 5.69 Å². The third-order valence-electron chi connectivity index (χ3n) is 7.00. The minimum atomic E-state index is -0.157. The summed E-state index contributed by atoms with van der Waals surface area (Å²) in [6.07, 6.45) is 5.30. The lowest BCUT2D eigenvalue weighted by molar-refractivity contribution is 0.253. The molecule has 5 aromatic rings. The van der Waals surface area contributed by atoms with Crippen molar-refractivity contribution < 1.29 is 0 Å². The van der Waals surface area contributed by atoms with Gasteiger partial charge in [0.1, 0.15) is 5.65 Å². The Balaban J connectivity index is 1.56. The van der Waals surface area contributed by atoms with Crippen LogP contribution in [0.15, 0.2) is 91.1 Å². The number of hydrogen-bond acceptors (Lipinski definition) is 3. The normalized spacial score (nSPS) is 14.8. The molecule has 0 amide bonds. The molecule has 1 aliphatic carbocycles. The molecule has 4 nitrogen and oxygen atoms in total. The zero-order chi connectivity index (χ0) is 22.4. The molecule has 1 aliphatic rings. The third kappa shape index (κ3) is 3.26. The first-order chi connectivity index (χ1) is 16.1. The lowest BCUT2D eigenvalue weighted by Crippen LogP contribution is -2.43. The third-order valence-corrected chi connectivity index (χ3v) is 7.00. The molecule has 0 bridgehead atoms. The second-order valence-corrected chi connectivity index (χ2v) is 9.03. The van der Waals surface area contributed by atoms with E-state index in [2.05, 4.69) is 60.1 Å². The van der Waals surface area contributed by atoms with Gasteiger partial charge in [0.2, 0.25) is 0 Å². The van der Waals surface area contributed by atoms with E-state index < -0.39 is 0 Å². The number of aromatic nitrogens is 3. The molecule has 0 aliphatic heterocycles. The molecule has 1 saturated carbocycles. The van der Waals surface area contributed by atoms with E-state index in [1.807, 2.05) is 42.6 Å². The second-order valence-electron chi connectivity index (χ2n) is 9.03. The van der Waals surface area contributed by atoms with Gasteiger partial charge in [0, 0.05) is 35.3 Å². The van der Waals surface area contributed by atoms with Gasteiger partial charge in [-0.3, -0.25) is 0 Å². The van der Waals surface area contributed by atoms with Crippen LogP contribution in [0.4, 0.5) is 0 Å². The predicted octanol–water partition coefficient (Wildman–Crippen LogP) is 6.31. The zero-order valence-corrected chi connectivity index (χ0v) is 18.7. The van der Waals surface area contributed by atoms with Crippen molar-refractivity contribution in [3.05, 3.63) is 96.7 Å². The average molecular weight is 431 g/mol. The summed E-state index contributed by atoms with van der Waals surface area (Å²) < 4.78 is 2.20. The average Bonchev–Trinajstić information content (AvgIpc) is 3.15. The van der Waals surface area contributed by atoms with Gasteiger partial charge in [-0.15, -0.1) is 0 Å². The summed E-state index contributed by atoms with van der Waals surface area (Å²) in [4.78, 5) is 9.72. The maximum absolute atomic E-state index is 6.57. The molecule has 2 aromatic heterocycles. The van der Waals surface area contributed by atoms with Crippen LogP contribution < -0.4 is 5.73 Å². The summed E-state index contributed by atoms with van der Waals surface area (Å²) in [5.74, 6) is 0.736. The molecule has 2 N–H and O–H groups in total. The fraction of sp³-hybridized carbons (Fsp3) is 0.172. The van der Waals surface area contributed by atoms with E-state index >= 15 is 0 Å². The van der Waals surface area contributed by atoms with Crippen LogP contribution in [-0.4, -0.2) is 14.5 Å². The Kier molecular flexibility index (Phi) is 4.63. The van der Waals surface area contributed by atoms with Gasteiger partial charge in [-0.1, -0.05) is 84.9 Å². The summed E-state index contributed by atoms with van der Waals surface area (Å²) in [6.45, 7) is 0. The quantitative estimate of drug-likeness (QED) is 0.364. The molecular formula is C29H26N4. The molecule has 2 heterocycles. The maximum atomic E-state index is 6.57. The smallest absolute Gasteiger partial charge is 0.161 e. The number of rotatable bonds is 4. The van der Waals surface area contributed by atoms with Crippen molar-refractivity contribution in [1.82, 2.24) is 14.5 Å². The van der Waals surface area contributed by atoms with Crippen molar-refractivity contribution in [1.29, 1.82) is 0 Å². The maximum Gasteiger partial charge on any atom is 0.161 e. The van der Waals surface area contributed by atoms with Crippen molar-refractivity contribution in [3.8, 4) is 33.8 Å². The first-order valence-electron chi connectivity index (χ1n) is 11.5. The number of nitrogens with two attached hydrogens (primary N) is 1. The number of fused-ring (bicyclic) bond motifs is 1. The van der Waals surface area contributed by atoms with Gasteiger partial charge in [0.15, 0.2) is 5.82 Å². The molecule has 0 saturated heterocycles. The highest BCUT2D eigenvalue weighted by Gasteiger charge is 2.34. The fourth-order valence-electron chi connectivity index (χ4n) is 4.97. The summed E-state index contributed by atoms with van der Waals surface area (Å²) in [5, 5.41) is 1.05. The van der Waals surface area contributed by atoms with Crippen LogP contribution >= 0.6 is 0 Å². The largest absolute Gasteiger partial charge is 0.328 e. The van der Waals surface area contributed by atoms with E-state index in [0.717, 1.165) is 57.6 Å². The standard InChI is InChI=1S/C29H26N4/c1-33-26(21-13-15-23(16-14-21)29(30)17-8-18-29)25(20-9-4-2-5-10-20)24-19-31-27(32-28(24)33)22-11-6-3-7-12-22/h2-7,9-16,19H,8,17-18,30H2,1H3. The minimum absolute atomic E-state index is 0.157. The van der Waals surface area contributed by atoms with E-state index in [1.165, 1.54) is 12.0 Å². The summed E-state index contributed by atoms with van der Waals surface area (Å²) >= 11 is 0. The van der Waals surface area contributed by atoms with Crippen molar-refractivity contribution in [3.63, 3.8) is 0 Å². The Morgan fingerprint density at radius 1 is 0.788 bits per heavy atom. The van der Waals surface area contributed by atoms with E-state index in [4.69, 9.17) is 15.7 Å². The molecule has 4 heteroatoms. The molecule has 33 heavy (non-hydrogen) atoms. The Bertz CT molecular complexity index is 1430. The van der Waals surface area contributed by atoms with Crippen LogP contribution in [0, 0.1) is 0 Å². The summed E-state index contributed by atoms with van der Waals surface area (Å²) in [5.41, 5.74) is 14.2. The Morgan fingerprint density at radius 2 is 1.42 bits per heavy atom. The molecule has 6 rings (SSSR count). The van der Waals surface area contributed by atoms with E-state index in [9.17, 15) is 0 Å². The number of nitrogens with zero attached hydrogens (tertiary/aromatic N) is 3. The van der Waals surface area contributed by atoms with Crippen molar-refractivity contribution in [2.24, 2.45) is 12.8 Å². The SMILES string of the molecule is Cn1c(-c2ccc(C3(N)CCC3)cc2)c(-c2ccccc2)c2cnc(-c3ccccc3)nc21. The second kappa shape index (κ2) is 7.68. The van der Waals surface area contributed by atoms with Gasteiger partial charge in [-0.25, -0.2) is 9.97 Å². The fourth-order valence-corrected chi connectivity index (χ4v) is 4.97. The molecule has 0 radical (unpaired) electrons. The van der Waals surface area contributed by atoms with Crippen LogP contribution in [0.25, 0.3) is 44.8 Å². The van der Waals surface area contributed by atoms with Crippen LogP contribution in [-0.2, 0) is 12.6 Å². The molecule has 3 aromatic carbocycles. The van der Waals surface area contributed by atoms with Gasteiger partial charge < -0.3 is 10.3 Å². The number of hydrogen-bond donors (Lipinski definition) is 1. The van der Waals surface area contributed by atoms with Gasteiger partial charge in [0.25, 0.3) is 0 Å². The van der Waals surface area contributed by atoms with Gasteiger partial charge in [-0.2, -0.15) is 0 Å². The lowest BCUT2D eigenvalue weighted by Gasteiger charge is -2.38. The monoisotopic (exact) mass is 430 g/mol. The van der Waals surface area contributed by atoms with Crippen LogP contribution in [0.2, 0.25) is 0 Å². The highest BCUT2D eigenvalue weighted by molar-refractivity contribution is 6.03. The van der Waals surface area contributed by atoms with Gasteiger partial charge in [-0.05, 0) is 36.0 Å². The molecule has 0 atom stereocenters. The van der Waals surface area contributed by atoms with Crippen LogP contribution in [0.1, 0.15) is 24.8 Å². The number of aryl methyl sites for hydroxylation is 1. The van der Waals surface area contributed by atoms with E-state index in [-0.39, 0.29) is 5.54 Å². The Labute approximate surface area is 193 Å². The first-order valence-corrected chi connectivity index (χ1v) is 11.5. The van der Waals surface area contributed by atoms with Gasteiger partial charge >= 0.3 is 0 Å². The molecule has 0 spiro atoms. The van der Waals surface area contributed by atoms with Crippen molar-refractivity contribution >= 4 is 11.0 Å². The highest BCUT2D eigenvalue weighted by atomic mass is 15.1. The summed E-state index contributed by atoms with van der Waals surface area (Å²) in [7, 11) is 2.09. The number of benzene rings is 3. The molecule has 162 valence electrons. The lowest BCUT2D eigenvalue weighted by atomic mass is 9.72. The Morgan fingerprint density at radius 3 is 2.03 bits per heavy atom. The zero-order valence-electron chi connectivity index (χ0n) is 18.7. The van der Waals surface area contributed by atoms with E-state index in [1.54, 1.807) is 0 Å². The predicted molar refractivity (Wildman–Crippen MR) is 135 cm³/mol. The molecular weight excluding hydrogens is 404 g/mol. The van der Waals surface area contributed by atoms with Crippen LogP contribution in [0.3, 0.4) is 0 Å². The van der Waals surface area contributed by atoms with Crippen LogP contribution in [0.5, 0.6) is 0 Å². The van der Waals surface area contributed by atoms with Crippen molar-refractivity contribution in [2.45, 2.75) is 24.8 Å². The van der Waals surface area contributed by atoms with Crippen molar-refractivity contribution in [2.75, 3.05) is 0 Å². The first kappa shape index (κ1) is 19.9. The molecule has 0 unspecified atom stereocenters. The highest BCUT2D eigenvalue weighted by Crippen LogP contribution is 2.42. The summed E-state index contributed by atoms with van der Waals surface area (Å²) in [6, 6.07) is 29.4.